The minimum atomic E-state index is -1.16. The topological polar surface area (TPSA) is 78.8 Å². The van der Waals surface area contributed by atoms with Gasteiger partial charge in [-0.3, -0.25) is 19.9 Å². The van der Waals surface area contributed by atoms with Crippen molar-refractivity contribution in [3.8, 4) is 0 Å². The van der Waals surface area contributed by atoms with Crippen molar-refractivity contribution in [3.05, 3.63) is 57.7 Å². The van der Waals surface area contributed by atoms with Crippen molar-refractivity contribution in [1.82, 2.24) is 5.32 Å². The fraction of sp³-hybridized carbons (Fsp3) is 0.111. The molecule has 2 aromatic rings. The molecule has 1 saturated heterocycles. The van der Waals surface area contributed by atoms with Crippen LogP contribution in [0, 0.1) is 16.4 Å². The molecule has 0 unspecified atom stereocenters. The van der Waals surface area contributed by atoms with E-state index in [-0.39, 0.29) is 0 Å². The summed E-state index contributed by atoms with van der Waals surface area (Å²) >= 11 is 2.15. The van der Waals surface area contributed by atoms with Crippen molar-refractivity contribution >= 4 is 58.0 Å². The lowest BCUT2D eigenvalue weighted by molar-refractivity contribution is -0.131. The van der Waals surface area contributed by atoms with Gasteiger partial charge < -0.3 is 0 Å². The molecule has 1 N–H and O–H groups in total. The molecule has 6 nitrogen and oxygen atoms in total. The summed E-state index contributed by atoms with van der Waals surface area (Å²) in [5.41, 5.74) is 1.84. The number of rotatable bonds is 3. The van der Waals surface area contributed by atoms with Gasteiger partial charge in [0, 0.05) is 9.78 Å². The second kappa shape index (κ2) is 7.14. The minimum Gasteiger partial charge on any atom is -0.276 e. The van der Waals surface area contributed by atoms with E-state index in [1.165, 1.54) is 6.21 Å². The molecular formula is C18H14IN3O3. The highest BCUT2D eigenvalue weighted by Gasteiger charge is 2.40. The number of halogens is 1. The molecule has 1 fully saturated rings. The van der Waals surface area contributed by atoms with Crippen LogP contribution >= 0.6 is 22.6 Å². The highest BCUT2D eigenvalue weighted by molar-refractivity contribution is 14.1. The lowest BCUT2D eigenvalue weighted by atomic mass is 10.0. The largest absolute Gasteiger partial charge is 0.335 e. The van der Waals surface area contributed by atoms with E-state index in [0.717, 1.165) is 14.0 Å². The molecule has 0 aliphatic carbocycles. The van der Waals surface area contributed by atoms with E-state index < -0.39 is 23.8 Å². The van der Waals surface area contributed by atoms with Gasteiger partial charge in [-0.15, -0.1) is 0 Å². The van der Waals surface area contributed by atoms with Crippen LogP contribution in [0.2, 0.25) is 0 Å². The molecule has 1 heterocycles. The van der Waals surface area contributed by atoms with Crippen LogP contribution in [-0.4, -0.2) is 24.1 Å². The maximum absolute atomic E-state index is 12.7. The highest BCUT2D eigenvalue weighted by Crippen LogP contribution is 2.24. The first-order chi connectivity index (χ1) is 12.0. The number of aliphatic imine (C=N–C) groups is 1. The number of carbonyl (C=O) groups excluding carboxylic acids is 3. The Kier molecular flexibility index (Phi) is 4.93. The molecule has 1 aliphatic rings. The van der Waals surface area contributed by atoms with Gasteiger partial charge in [-0.1, -0.05) is 24.3 Å². The zero-order valence-electron chi connectivity index (χ0n) is 13.3. The minimum absolute atomic E-state index is 0.449. The second-order valence-corrected chi connectivity index (χ2v) is 6.74. The number of amides is 4. The molecule has 1 aliphatic heterocycles. The maximum atomic E-state index is 12.7. The van der Waals surface area contributed by atoms with Gasteiger partial charge in [0.25, 0.3) is 5.91 Å². The van der Waals surface area contributed by atoms with Crippen LogP contribution in [0.15, 0.2) is 53.5 Å². The van der Waals surface area contributed by atoms with Crippen LogP contribution in [0.25, 0.3) is 0 Å². The number of barbiturate groups is 1. The van der Waals surface area contributed by atoms with Gasteiger partial charge in [0.2, 0.25) is 5.91 Å². The Balaban J connectivity index is 1.92. The normalized spacial score (nSPS) is 17.9. The van der Waals surface area contributed by atoms with Crippen molar-refractivity contribution < 1.29 is 14.4 Å². The summed E-state index contributed by atoms with van der Waals surface area (Å²) in [6, 6.07) is 13.6. The summed E-state index contributed by atoms with van der Waals surface area (Å²) in [5, 5.41) is 2.22. The summed E-state index contributed by atoms with van der Waals surface area (Å²) in [7, 11) is 0. The fourth-order valence-electron chi connectivity index (χ4n) is 2.48. The van der Waals surface area contributed by atoms with Crippen LogP contribution in [-0.2, 0) is 9.59 Å². The van der Waals surface area contributed by atoms with Crippen LogP contribution in [0.5, 0.6) is 0 Å². The zero-order chi connectivity index (χ0) is 18.0. The van der Waals surface area contributed by atoms with E-state index in [9.17, 15) is 14.4 Å². The monoisotopic (exact) mass is 447 g/mol. The molecule has 126 valence electrons. The summed E-state index contributed by atoms with van der Waals surface area (Å²) < 4.78 is 0.989. The SMILES string of the molecule is Cc1ccccc1N1C(=O)NC(=O)[C@H](C=Nc2cccc(I)c2)C1=O. The molecule has 1 atom stereocenters. The lowest BCUT2D eigenvalue weighted by Gasteiger charge is -2.29. The Morgan fingerprint density at radius 1 is 1.12 bits per heavy atom. The lowest BCUT2D eigenvalue weighted by Crippen LogP contribution is -2.58. The maximum Gasteiger partial charge on any atom is 0.335 e. The number of imide groups is 2. The van der Waals surface area contributed by atoms with E-state index in [1.807, 2.05) is 24.3 Å². The van der Waals surface area contributed by atoms with Crippen LogP contribution in [0.4, 0.5) is 16.2 Å². The van der Waals surface area contributed by atoms with E-state index in [4.69, 9.17) is 0 Å². The van der Waals surface area contributed by atoms with Gasteiger partial charge in [0.05, 0.1) is 11.4 Å². The van der Waals surface area contributed by atoms with Crippen molar-refractivity contribution in [2.45, 2.75) is 6.92 Å². The van der Waals surface area contributed by atoms with Gasteiger partial charge in [-0.2, -0.15) is 0 Å². The number of para-hydroxylation sites is 1. The summed E-state index contributed by atoms with van der Waals surface area (Å²) in [5.74, 6) is -2.44. The average molecular weight is 447 g/mol. The number of anilines is 1. The van der Waals surface area contributed by atoms with E-state index in [1.54, 1.807) is 31.2 Å². The smallest absolute Gasteiger partial charge is 0.276 e. The highest BCUT2D eigenvalue weighted by atomic mass is 127. The first kappa shape index (κ1) is 17.3. The predicted molar refractivity (Wildman–Crippen MR) is 103 cm³/mol. The Labute approximate surface area is 158 Å². The number of aryl methyl sites for hydroxylation is 1. The Hall–Kier alpha value is -2.55. The van der Waals surface area contributed by atoms with Crippen LogP contribution < -0.4 is 10.2 Å². The molecule has 0 bridgehead atoms. The summed E-state index contributed by atoms with van der Waals surface area (Å²) in [6.45, 7) is 1.79. The summed E-state index contributed by atoms with van der Waals surface area (Å²) in [4.78, 5) is 42.2. The zero-order valence-corrected chi connectivity index (χ0v) is 15.4. The van der Waals surface area contributed by atoms with E-state index in [0.29, 0.717) is 11.4 Å². The number of benzene rings is 2. The van der Waals surface area contributed by atoms with Crippen LogP contribution in [0.3, 0.4) is 0 Å². The Bertz CT molecular complexity index is 895. The molecule has 0 radical (unpaired) electrons. The molecular weight excluding hydrogens is 433 g/mol. The first-order valence-corrected chi connectivity index (χ1v) is 8.59. The third-order valence-electron chi connectivity index (χ3n) is 3.74. The Morgan fingerprint density at radius 3 is 2.60 bits per heavy atom. The van der Waals surface area contributed by atoms with Gasteiger partial charge in [-0.05, 0) is 59.3 Å². The van der Waals surface area contributed by atoms with Crippen molar-refractivity contribution in [1.29, 1.82) is 0 Å². The number of urea groups is 1. The number of nitrogens with one attached hydrogen (secondary N) is 1. The van der Waals surface area contributed by atoms with Gasteiger partial charge in [-0.25, -0.2) is 9.69 Å². The number of hydrogen-bond acceptors (Lipinski definition) is 4. The van der Waals surface area contributed by atoms with E-state index >= 15 is 0 Å². The number of carbonyl (C=O) groups is 3. The first-order valence-electron chi connectivity index (χ1n) is 7.51. The molecule has 0 aromatic heterocycles. The molecule has 7 heteroatoms. The van der Waals surface area contributed by atoms with E-state index in [2.05, 4.69) is 32.9 Å². The summed E-state index contributed by atoms with van der Waals surface area (Å²) in [6.07, 6.45) is 1.28. The van der Waals surface area contributed by atoms with Gasteiger partial charge >= 0.3 is 6.03 Å². The van der Waals surface area contributed by atoms with Crippen LogP contribution in [0.1, 0.15) is 5.56 Å². The number of hydrogen-bond donors (Lipinski definition) is 1. The predicted octanol–water partition coefficient (Wildman–Crippen LogP) is 3.20. The molecule has 4 amide bonds. The van der Waals surface area contributed by atoms with Crippen molar-refractivity contribution in [2.24, 2.45) is 10.9 Å². The molecule has 25 heavy (non-hydrogen) atoms. The average Bonchev–Trinajstić information content (AvgIpc) is 2.56. The molecule has 2 aromatic carbocycles. The molecule has 3 rings (SSSR count). The second-order valence-electron chi connectivity index (χ2n) is 5.49. The molecule has 0 spiro atoms. The number of nitrogens with zero attached hydrogens (tertiary/aromatic N) is 2. The van der Waals surface area contributed by atoms with Crippen molar-refractivity contribution in [3.63, 3.8) is 0 Å². The van der Waals surface area contributed by atoms with Gasteiger partial charge in [0.15, 0.2) is 5.92 Å². The quantitative estimate of drug-likeness (QED) is 0.446. The molecule has 0 saturated carbocycles. The fourth-order valence-corrected chi connectivity index (χ4v) is 3.01. The third-order valence-corrected chi connectivity index (χ3v) is 4.41. The standard InChI is InChI=1S/C18H14IN3O3/c1-11-5-2-3-8-15(11)22-17(24)14(16(23)21-18(22)25)10-20-13-7-4-6-12(19)9-13/h2-10,14H,1H3,(H,21,23,25)/t14-/m0/s1. The Morgan fingerprint density at radius 2 is 1.88 bits per heavy atom. The van der Waals surface area contributed by atoms with Gasteiger partial charge in [0.1, 0.15) is 0 Å². The van der Waals surface area contributed by atoms with Crippen molar-refractivity contribution in [2.75, 3.05) is 4.90 Å². The third kappa shape index (κ3) is 3.60.